The lowest BCUT2D eigenvalue weighted by molar-refractivity contribution is -0.116. The second-order valence-corrected chi connectivity index (χ2v) is 4.88. The molecule has 0 radical (unpaired) electrons. The average molecular weight is 225 g/mol. The van der Waals surface area contributed by atoms with Gasteiger partial charge in [-0.1, -0.05) is 25.4 Å². The zero-order valence-corrected chi connectivity index (χ0v) is 9.80. The topological polar surface area (TPSA) is 33.2 Å². The Morgan fingerprint density at radius 1 is 1.53 bits per heavy atom. The van der Waals surface area contributed by atoms with E-state index in [1.807, 2.05) is 6.07 Å². The molecule has 0 aliphatic carbocycles. The molecule has 15 heavy (non-hydrogen) atoms. The summed E-state index contributed by atoms with van der Waals surface area (Å²) < 4.78 is 0. The highest BCUT2D eigenvalue weighted by atomic mass is 35.5. The fourth-order valence-electron chi connectivity index (χ4n) is 1.98. The number of hydrogen-bond donors (Lipinski definition) is 0. The largest absolute Gasteiger partial charge is 0.310 e. The van der Waals surface area contributed by atoms with Gasteiger partial charge in [0.05, 0.1) is 11.4 Å². The Balaban J connectivity index is 2.58. The van der Waals surface area contributed by atoms with Crippen molar-refractivity contribution in [2.75, 3.05) is 11.4 Å². The lowest BCUT2D eigenvalue weighted by Crippen LogP contribution is -2.32. The summed E-state index contributed by atoms with van der Waals surface area (Å²) in [7, 11) is 0. The van der Waals surface area contributed by atoms with Crippen LogP contribution in [0.5, 0.6) is 0 Å². The number of hydrogen-bond acceptors (Lipinski definition) is 2. The molecule has 0 N–H and O–H groups in total. The normalized spacial score (nSPS) is 17.7. The van der Waals surface area contributed by atoms with E-state index in [0.29, 0.717) is 11.7 Å². The second kappa shape index (κ2) is 3.20. The summed E-state index contributed by atoms with van der Waals surface area (Å²) in [6.07, 6.45) is 0. The van der Waals surface area contributed by atoms with E-state index in [-0.39, 0.29) is 11.3 Å². The van der Waals surface area contributed by atoms with Crippen molar-refractivity contribution in [1.29, 1.82) is 0 Å². The van der Waals surface area contributed by atoms with Gasteiger partial charge in [0.15, 0.2) is 0 Å². The summed E-state index contributed by atoms with van der Waals surface area (Å²) in [6, 6.07) is 3.58. The van der Waals surface area contributed by atoms with Crippen LogP contribution in [0.3, 0.4) is 0 Å². The van der Waals surface area contributed by atoms with E-state index in [0.717, 1.165) is 11.4 Å². The van der Waals surface area contributed by atoms with Crippen molar-refractivity contribution in [3.05, 3.63) is 23.0 Å². The first kappa shape index (κ1) is 10.4. The van der Waals surface area contributed by atoms with E-state index in [1.54, 1.807) is 17.9 Å². The lowest BCUT2D eigenvalue weighted by Gasteiger charge is -2.18. The molecule has 1 aliphatic heterocycles. The standard InChI is InChI=1S/C11H13ClN2O/c1-7(15)14-6-11(2,3)10-8(14)4-5-9(12)13-10/h4-5H,6H2,1-3H3. The van der Waals surface area contributed by atoms with Crippen molar-refractivity contribution in [3.63, 3.8) is 0 Å². The number of fused-ring (bicyclic) bond motifs is 1. The quantitative estimate of drug-likeness (QED) is 0.634. The number of carbonyl (C=O) groups is 1. The fraction of sp³-hybridized carbons (Fsp3) is 0.455. The van der Waals surface area contributed by atoms with Gasteiger partial charge in [0.2, 0.25) is 5.91 Å². The molecule has 1 aromatic heterocycles. The van der Waals surface area contributed by atoms with Gasteiger partial charge in [-0.2, -0.15) is 0 Å². The van der Waals surface area contributed by atoms with Crippen LogP contribution in [0.25, 0.3) is 0 Å². The predicted molar refractivity (Wildman–Crippen MR) is 60.3 cm³/mol. The summed E-state index contributed by atoms with van der Waals surface area (Å²) in [4.78, 5) is 17.5. The van der Waals surface area contributed by atoms with Crippen LogP contribution < -0.4 is 4.90 Å². The average Bonchev–Trinajstić information content (AvgIpc) is 2.39. The molecule has 80 valence electrons. The molecule has 0 unspecified atom stereocenters. The summed E-state index contributed by atoms with van der Waals surface area (Å²) in [6.45, 7) is 6.38. The Labute approximate surface area is 94.1 Å². The molecule has 2 heterocycles. The molecule has 0 bridgehead atoms. The van der Waals surface area contributed by atoms with Crippen molar-refractivity contribution in [1.82, 2.24) is 4.98 Å². The number of nitrogens with zero attached hydrogens (tertiary/aromatic N) is 2. The number of halogens is 1. The Morgan fingerprint density at radius 3 is 2.80 bits per heavy atom. The summed E-state index contributed by atoms with van der Waals surface area (Å²) >= 11 is 5.86. The molecular formula is C11H13ClN2O. The van der Waals surface area contributed by atoms with Gasteiger partial charge in [-0.3, -0.25) is 4.79 Å². The smallest absolute Gasteiger partial charge is 0.223 e. The Morgan fingerprint density at radius 2 is 2.20 bits per heavy atom. The van der Waals surface area contributed by atoms with Crippen molar-refractivity contribution in [3.8, 4) is 0 Å². The van der Waals surface area contributed by atoms with Crippen molar-refractivity contribution >= 4 is 23.2 Å². The first-order valence-corrected chi connectivity index (χ1v) is 5.25. The molecule has 0 fully saturated rings. The van der Waals surface area contributed by atoms with E-state index in [9.17, 15) is 4.79 Å². The third-order valence-electron chi connectivity index (χ3n) is 2.71. The number of pyridine rings is 1. The number of rotatable bonds is 0. The molecule has 1 aromatic rings. The molecule has 1 amide bonds. The van der Waals surface area contributed by atoms with Crippen molar-refractivity contribution in [2.45, 2.75) is 26.2 Å². The maximum atomic E-state index is 11.4. The van der Waals surface area contributed by atoms with Crippen LogP contribution in [0, 0.1) is 0 Å². The van der Waals surface area contributed by atoms with Gasteiger partial charge >= 0.3 is 0 Å². The number of carbonyl (C=O) groups excluding carboxylic acids is 1. The molecule has 0 spiro atoms. The Kier molecular flexibility index (Phi) is 2.23. The third kappa shape index (κ3) is 1.61. The molecule has 0 aromatic carbocycles. The summed E-state index contributed by atoms with van der Waals surface area (Å²) in [5.41, 5.74) is 1.67. The minimum absolute atomic E-state index is 0.0472. The van der Waals surface area contributed by atoms with Gasteiger partial charge in [-0.15, -0.1) is 0 Å². The van der Waals surface area contributed by atoms with E-state index in [2.05, 4.69) is 18.8 Å². The first-order chi connectivity index (χ1) is 6.92. The summed E-state index contributed by atoms with van der Waals surface area (Å²) in [5, 5.41) is 0.479. The molecule has 1 aliphatic rings. The predicted octanol–water partition coefficient (Wildman–Crippen LogP) is 2.38. The van der Waals surface area contributed by atoms with Gasteiger partial charge < -0.3 is 4.90 Å². The highest BCUT2D eigenvalue weighted by Gasteiger charge is 2.38. The third-order valence-corrected chi connectivity index (χ3v) is 2.92. The van der Waals surface area contributed by atoms with Crippen LogP contribution in [0.4, 0.5) is 5.69 Å². The molecule has 4 heteroatoms. The zero-order valence-electron chi connectivity index (χ0n) is 9.04. The van der Waals surface area contributed by atoms with Gasteiger partial charge in [0.25, 0.3) is 0 Å². The van der Waals surface area contributed by atoms with Gasteiger partial charge in [0.1, 0.15) is 5.15 Å². The number of anilines is 1. The Bertz CT molecular complexity index is 429. The van der Waals surface area contributed by atoms with Gasteiger partial charge in [-0.25, -0.2) is 4.98 Å². The van der Waals surface area contributed by atoms with Gasteiger partial charge in [-0.05, 0) is 12.1 Å². The van der Waals surface area contributed by atoms with Crippen LogP contribution in [-0.4, -0.2) is 17.4 Å². The first-order valence-electron chi connectivity index (χ1n) is 4.87. The molecule has 2 rings (SSSR count). The molecular weight excluding hydrogens is 212 g/mol. The van der Waals surface area contributed by atoms with Crippen molar-refractivity contribution < 1.29 is 4.79 Å². The maximum Gasteiger partial charge on any atom is 0.223 e. The molecule has 0 atom stereocenters. The van der Waals surface area contributed by atoms with Gasteiger partial charge in [0, 0.05) is 18.9 Å². The minimum atomic E-state index is -0.119. The monoisotopic (exact) mass is 224 g/mol. The van der Waals surface area contributed by atoms with Crippen LogP contribution in [0.1, 0.15) is 26.5 Å². The molecule has 0 saturated heterocycles. The lowest BCUT2D eigenvalue weighted by atomic mass is 9.91. The minimum Gasteiger partial charge on any atom is -0.310 e. The SMILES string of the molecule is CC(=O)N1CC(C)(C)c2nc(Cl)ccc21. The van der Waals surface area contributed by atoms with E-state index >= 15 is 0 Å². The number of aromatic nitrogens is 1. The Hall–Kier alpha value is -1.09. The van der Waals surface area contributed by atoms with E-state index in [1.165, 1.54) is 0 Å². The highest BCUT2D eigenvalue weighted by molar-refractivity contribution is 6.29. The zero-order chi connectivity index (χ0) is 11.2. The molecule has 3 nitrogen and oxygen atoms in total. The maximum absolute atomic E-state index is 11.4. The van der Waals surface area contributed by atoms with Crippen LogP contribution in [0.15, 0.2) is 12.1 Å². The van der Waals surface area contributed by atoms with Crippen LogP contribution >= 0.6 is 11.6 Å². The van der Waals surface area contributed by atoms with Crippen molar-refractivity contribution in [2.24, 2.45) is 0 Å². The van der Waals surface area contributed by atoms with E-state index in [4.69, 9.17) is 11.6 Å². The fourth-order valence-corrected chi connectivity index (χ4v) is 2.13. The van der Waals surface area contributed by atoms with Crippen LogP contribution in [0.2, 0.25) is 5.15 Å². The number of amides is 1. The van der Waals surface area contributed by atoms with Crippen LogP contribution in [-0.2, 0) is 10.2 Å². The highest BCUT2D eigenvalue weighted by Crippen LogP contribution is 2.39. The van der Waals surface area contributed by atoms with E-state index < -0.39 is 0 Å². The summed E-state index contributed by atoms with van der Waals surface area (Å²) in [5.74, 6) is 0.0472. The molecule has 0 saturated carbocycles. The second-order valence-electron chi connectivity index (χ2n) is 4.49.